The van der Waals surface area contributed by atoms with E-state index in [1.54, 1.807) is 18.1 Å². The number of methoxy groups -OCH3 is 1. The summed E-state index contributed by atoms with van der Waals surface area (Å²) >= 11 is 0. The van der Waals surface area contributed by atoms with Crippen LogP contribution in [0.2, 0.25) is 0 Å². The van der Waals surface area contributed by atoms with Crippen molar-refractivity contribution in [3.05, 3.63) is 35.6 Å². The summed E-state index contributed by atoms with van der Waals surface area (Å²) in [5.74, 6) is -0.260. The van der Waals surface area contributed by atoms with E-state index in [2.05, 4.69) is 5.32 Å². The molecule has 5 heteroatoms. The molecular formula is C16H23FN2O2. The maximum absolute atomic E-state index is 13.5. The van der Waals surface area contributed by atoms with E-state index in [1.807, 2.05) is 26.8 Å². The molecule has 2 rings (SSSR count). The van der Waals surface area contributed by atoms with Gasteiger partial charge in [0.25, 0.3) is 0 Å². The maximum Gasteiger partial charge on any atom is 0.241 e. The third kappa shape index (κ3) is 3.41. The maximum atomic E-state index is 13.5. The number of halogens is 1. The Bertz CT molecular complexity index is 519. The van der Waals surface area contributed by atoms with E-state index in [9.17, 15) is 9.18 Å². The highest BCUT2D eigenvalue weighted by atomic mass is 19.1. The Kier molecular flexibility index (Phi) is 4.64. The van der Waals surface area contributed by atoms with Crippen molar-refractivity contribution >= 4 is 5.91 Å². The number of ether oxygens (including phenoxy) is 1. The molecule has 1 saturated heterocycles. The summed E-state index contributed by atoms with van der Waals surface area (Å²) in [7, 11) is 1.63. The number of rotatable bonds is 5. The van der Waals surface area contributed by atoms with Crippen LogP contribution in [0.15, 0.2) is 24.3 Å². The molecule has 0 aliphatic carbocycles. The van der Waals surface area contributed by atoms with Gasteiger partial charge in [-0.1, -0.05) is 19.1 Å². The molecule has 2 unspecified atom stereocenters. The van der Waals surface area contributed by atoms with Gasteiger partial charge < -0.3 is 9.64 Å². The van der Waals surface area contributed by atoms with Crippen LogP contribution >= 0.6 is 0 Å². The van der Waals surface area contributed by atoms with E-state index in [0.717, 1.165) is 5.56 Å². The van der Waals surface area contributed by atoms with Gasteiger partial charge in [0.1, 0.15) is 12.0 Å². The molecule has 0 aromatic heterocycles. The van der Waals surface area contributed by atoms with Crippen LogP contribution < -0.4 is 5.32 Å². The van der Waals surface area contributed by atoms with Crippen molar-refractivity contribution in [2.24, 2.45) is 0 Å². The molecule has 116 valence electrons. The standard InChI is InChI=1S/C16H23FN2O2/c1-5-13-15(20)19(10-16(2,3)21-4)14(18-13)11-7-6-8-12(17)9-11/h6-9,13-14,18H,5,10H2,1-4H3. The van der Waals surface area contributed by atoms with Crippen molar-refractivity contribution in [1.82, 2.24) is 10.2 Å². The zero-order valence-electron chi connectivity index (χ0n) is 13.0. The van der Waals surface area contributed by atoms with Gasteiger partial charge in [0.05, 0.1) is 18.2 Å². The van der Waals surface area contributed by atoms with Crippen LogP contribution in [-0.4, -0.2) is 36.1 Å². The number of hydrogen-bond donors (Lipinski definition) is 1. The average Bonchev–Trinajstić information content (AvgIpc) is 2.75. The molecule has 1 fully saturated rings. The van der Waals surface area contributed by atoms with Crippen molar-refractivity contribution in [3.63, 3.8) is 0 Å². The van der Waals surface area contributed by atoms with E-state index in [0.29, 0.717) is 13.0 Å². The first-order chi connectivity index (χ1) is 9.88. The number of nitrogens with zero attached hydrogens (tertiary/aromatic N) is 1. The molecule has 21 heavy (non-hydrogen) atoms. The molecular weight excluding hydrogens is 271 g/mol. The van der Waals surface area contributed by atoms with E-state index in [4.69, 9.17) is 4.74 Å². The smallest absolute Gasteiger partial charge is 0.241 e. The van der Waals surface area contributed by atoms with Crippen LogP contribution in [0, 0.1) is 5.82 Å². The summed E-state index contributed by atoms with van der Waals surface area (Å²) in [5, 5.41) is 3.28. The summed E-state index contributed by atoms with van der Waals surface area (Å²) in [5.41, 5.74) is 0.303. The Morgan fingerprint density at radius 1 is 1.43 bits per heavy atom. The van der Waals surface area contributed by atoms with Gasteiger partial charge in [-0.25, -0.2) is 4.39 Å². The van der Waals surface area contributed by atoms with Crippen molar-refractivity contribution in [1.29, 1.82) is 0 Å². The molecule has 1 heterocycles. The SMILES string of the molecule is CCC1NC(c2cccc(F)c2)N(CC(C)(C)OC)C1=O. The number of amides is 1. The molecule has 0 radical (unpaired) electrons. The van der Waals surface area contributed by atoms with Crippen molar-refractivity contribution in [2.45, 2.75) is 45.0 Å². The quantitative estimate of drug-likeness (QED) is 0.907. The lowest BCUT2D eigenvalue weighted by Gasteiger charge is -2.32. The second-order valence-electron chi connectivity index (χ2n) is 6.01. The Morgan fingerprint density at radius 3 is 2.71 bits per heavy atom. The van der Waals surface area contributed by atoms with E-state index in [-0.39, 0.29) is 23.9 Å². The van der Waals surface area contributed by atoms with Crippen LogP contribution in [0.3, 0.4) is 0 Å². The van der Waals surface area contributed by atoms with Crippen LogP contribution in [0.4, 0.5) is 4.39 Å². The predicted molar refractivity (Wildman–Crippen MR) is 79.2 cm³/mol. The van der Waals surface area contributed by atoms with E-state index < -0.39 is 5.60 Å². The summed E-state index contributed by atoms with van der Waals surface area (Å²) in [6.07, 6.45) is 0.391. The fourth-order valence-corrected chi connectivity index (χ4v) is 2.57. The Balaban J connectivity index is 2.30. The molecule has 1 aliphatic rings. The third-order valence-corrected chi connectivity index (χ3v) is 3.93. The number of carbonyl (C=O) groups is 1. The van der Waals surface area contributed by atoms with Crippen molar-refractivity contribution < 1.29 is 13.9 Å². The Hall–Kier alpha value is -1.46. The normalized spacial score (nSPS) is 22.9. The summed E-state index contributed by atoms with van der Waals surface area (Å²) in [6.45, 7) is 6.28. The predicted octanol–water partition coefficient (Wildman–Crippen LogP) is 2.46. The molecule has 1 N–H and O–H groups in total. The highest BCUT2D eigenvalue weighted by Crippen LogP contribution is 2.29. The van der Waals surface area contributed by atoms with Crippen molar-refractivity contribution in [3.8, 4) is 0 Å². The van der Waals surface area contributed by atoms with E-state index >= 15 is 0 Å². The molecule has 0 saturated carbocycles. The number of hydrogen-bond acceptors (Lipinski definition) is 3. The van der Waals surface area contributed by atoms with Crippen molar-refractivity contribution in [2.75, 3.05) is 13.7 Å². The lowest BCUT2D eigenvalue weighted by Crippen LogP contribution is -2.43. The number of benzene rings is 1. The minimum Gasteiger partial charge on any atom is -0.377 e. The molecule has 1 aromatic carbocycles. The van der Waals surface area contributed by atoms with Crippen LogP contribution in [0.1, 0.15) is 38.9 Å². The summed E-state index contributed by atoms with van der Waals surface area (Å²) in [6, 6.07) is 6.14. The second kappa shape index (κ2) is 6.12. The number of carbonyl (C=O) groups excluding carboxylic acids is 1. The van der Waals surface area contributed by atoms with Gasteiger partial charge in [0, 0.05) is 7.11 Å². The first kappa shape index (κ1) is 15.9. The van der Waals surface area contributed by atoms with Crippen LogP contribution in [0.25, 0.3) is 0 Å². The summed E-state index contributed by atoms with van der Waals surface area (Å²) in [4.78, 5) is 14.3. The van der Waals surface area contributed by atoms with Gasteiger partial charge in [0.15, 0.2) is 0 Å². The highest BCUT2D eigenvalue weighted by Gasteiger charge is 2.41. The molecule has 0 bridgehead atoms. The molecule has 1 aliphatic heterocycles. The Labute approximate surface area is 125 Å². The van der Waals surface area contributed by atoms with Gasteiger partial charge in [-0.05, 0) is 38.0 Å². The summed E-state index contributed by atoms with van der Waals surface area (Å²) < 4.78 is 18.9. The first-order valence-electron chi connectivity index (χ1n) is 7.25. The topological polar surface area (TPSA) is 41.6 Å². The first-order valence-corrected chi connectivity index (χ1v) is 7.25. The minimum absolute atomic E-state index is 0.0388. The number of nitrogens with one attached hydrogen (secondary N) is 1. The van der Waals surface area contributed by atoms with E-state index in [1.165, 1.54) is 12.1 Å². The van der Waals surface area contributed by atoms with Crippen LogP contribution in [-0.2, 0) is 9.53 Å². The molecule has 0 spiro atoms. The largest absolute Gasteiger partial charge is 0.377 e. The zero-order valence-corrected chi connectivity index (χ0v) is 13.0. The minimum atomic E-state index is -0.453. The van der Waals surface area contributed by atoms with Gasteiger partial charge in [-0.2, -0.15) is 0 Å². The third-order valence-electron chi connectivity index (χ3n) is 3.93. The zero-order chi connectivity index (χ0) is 15.6. The average molecular weight is 294 g/mol. The lowest BCUT2D eigenvalue weighted by atomic mass is 10.1. The fourth-order valence-electron chi connectivity index (χ4n) is 2.57. The second-order valence-corrected chi connectivity index (χ2v) is 6.01. The monoisotopic (exact) mass is 294 g/mol. The Morgan fingerprint density at radius 2 is 2.14 bits per heavy atom. The van der Waals surface area contributed by atoms with Gasteiger partial charge in [-0.3, -0.25) is 10.1 Å². The lowest BCUT2D eigenvalue weighted by molar-refractivity contribution is -0.133. The molecule has 2 atom stereocenters. The molecule has 1 aromatic rings. The fraction of sp³-hybridized carbons (Fsp3) is 0.562. The van der Waals surface area contributed by atoms with Gasteiger partial charge >= 0.3 is 0 Å². The van der Waals surface area contributed by atoms with Crippen LogP contribution in [0.5, 0.6) is 0 Å². The highest BCUT2D eigenvalue weighted by molar-refractivity contribution is 5.84. The van der Waals surface area contributed by atoms with Gasteiger partial charge in [0.2, 0.25) is 5.91 Å². The molecule has 4 nitrogen and oxygen atoms in total. The molecule has 1 amide bonds. The van der Waals surface area contributed by atoms with Gasteiger partial charge in [-0.15, -0.1) is 0 Å².